The van der Waals surface area contributed by atoms with Gasteiger partial charge in [0.25, 0.3) is 0 Å². The zero-order chi connectivity index (χ0) is 10.2. The van der Waals surface area contributed by atoms with Gasteiger partial charge in [-0.15, -0.1) is 0 Å². The van der Waals surface area contributed by atoms with E-state index < -0.39 is 11.2 Å². The Hall–Kier alpha value is -0.260. The maximum Gasteiger partial charge on any atom is 0.317 e. The van der Waals surface area contributed by atoms with Crippen molar-refractivity contribution < 1.29 is 19.0 Å². The Morgan fingerprint density at radius 1 is 1.36 bits per heavy atom. The van der Waals surface area contributed by atoms with Crippen molar-refractivity contribution in [1.29, 1.82) is 0 Å². The minimum absolute atomic E-state index is 0.246. The number of carbonyl (C=O) groups is 1. The third kappa shape index (κ3) is 1.19. The van der Waals surface area contributed by atoms with Gasteiger partial charge in [0, 0.05) is 11.5 Å². The van der Waals surface area contributed by atoms with Gasteiger partial charge in [0.1, 0.15) is 5.41 Å². The highest BCUT2D eigenvalue weighted by atomic mass is 32.2. The number of ether oxygens (including phenoxy) is 3. The van der Waals surface area contributed by atoms with Gasteiger partial charge in [0.2, 0.25) is 0 Å². The van der Waals surface area contributed by atoms with Crippen LogP contribution in [0.1, 0.15) is 6.92 Å². The van der Waals surface area contributed by atoms with Crippen molar-refractivity contribution in [3.8, 4) is 0 Å². The molecule has 2 aliphatic heterocycles. The molecule has 2 aliphatic rings. The number of hydrogen-bond acceptors (Lipinski definition) is 5. The van der Waals surface area contributed by atoms with E-state index in [0.29, 0.717) is 24.7 Å². The van der Waals surface area contributed by atoms with Crippen molar-refractivity contribution in [2.75, 3.05) is 31.8 Å². The number of thioether (sulfide) groups is 1. The van der Waals surface area contributed by atoms with Crippen LogP contribution in [0.5, 0.6) is 0 Å². The number of esters is 1. The summed E-state index contributed by atoms with van der Waals surface area (Å²) in [5, 5.41) is 0. The van der Waals surface area contributed by atoms with E-state index in [-0.39, 0.29) is 5.97 Å². The molecule has 0 aromatic carbocycles. The lowest BCUT2D eigenvalue weighted by Gasteiger charge is -2.35. The maximum atomic E-state index is 11.7. The molecule has 5 heteroatoms. The van der Waals surface area contributed by atoms with Crippen LogP contribution in [0.4, 0.5) is 0 Å². The molecular formula is C9H14O4S. The van der Waals surface area contributed by atoms with E-state index in [1.165, 1.54) is 7.11 Å². The first-order valence-electron chi connectivity index (χ1n) is 4.59. The van der Waals surface area contributed by atoms with Crippen molar-refractivity contribution in [2.24, 2.45) is 5.41 Å². The first-order chi connectivity index (χ1) is 6.65. The highest BCUT2D eigenvalue weighted by Crippen LogP contribution is 2.49. The molecule has 0 aromatic rings. The van der Waals surface area contributed by atoms with Gasteiger partial charge < -0.3 is 14.2 Å². The van der Waals surface area contributed by atoms with E-state index in [2.05, 4.69) is 0 Å². The summed E-state index contributed by atoms with van der Waals surface area (Å²) in [6.07, 6.45) is 0. The fraction of sp³-hybridized carbons (Fsp3) is 0.889. The second-order valence-electron chi connectivity index (χ2n) is 3.77. The van der Waals surface area contributed by atoms with Gasteiger partial charge in [-0.2, -0.15) is 11.8 Å². The van der Waals surface area contributed by atoms with Gasteiger partial charge in [-0.25, -0.2) is 0 Å². The summed E-state index contributed by atoms with van der Waals surface area (Å²) in [5.74, 6) is 0.410. The van der Waals surface area contributed by atoms with Gasteiger partial charge in [-0.1, -0.05) is 0 Å². The van der Waals surface area contributed by atoms with Crippen LogP contribution in [0.15, 0.2) is 0 Å². The van der Waals surface area contributed by atoms with E-state index >= 15 is 0 Å². The van der Waals surface area contributed by atoms with E-state index in [9.17, 15) is 4.79 Å². The molecule has 0 amide bonds. The summed E-state index contributed by atoms with van der Waals surface area (Å²) < 4.78 is 16.0. The Balaban J connectivity index is 2.28. The van der Waals surface area contributed by atoms with Gasteiger partial charge in [-0.3, -0.25) is 4.79 Å². The number of hydrogen-bond donors (Lipinski definition) is 0. The van der Waals surface area contributed by atoms with Crippen LogP contribution in [-0.2, 0) is 19.0 Å². The van der Waals surface area contributed by atoms with E-state index in [1.807, 2.05) is 6.92 Å². The second-order valence-corrected chi connectivity index (χ2v) is 4.75. The fourth-order valence-corrected chi connectivity index (χ4v) is 3.56. The van der Waals surface area contributed by atoms with Crippen LogP contribution >= 0.6 is 11.8 Å². The van der Waals surface area contributed by atoms with Crippen LogP contribution in [-0.4, -0.2) is 43.6 Å². The molecule has 2 heterocycles. The molecule has 1 unspecified atom stereocenters. The van der Waals surface area contributed by atoms with Crippen LogP contribution in [0, 0.1) is 5.41 Å². The summed E-state index contributed by atoms with van der Waals surface area (Å²) in [5.41, 5.74) is -0.664. The average Bonchev–Trinajstić information content (AvgIpc) is 2.77. The second kappa shape index (κ2) is 3.40. The topological polar surface area (TPSA) is 44.8 Å². The molecule has 0 radical (unpaired) electrons. The van der Waals surface area contributed by atoms with Crippen LogP contribution in [0.2, 0.25) is 0 Å². The molecule has 14 heavy (non-hydrogen) atoms. The molecule has 1 atom stereocenters. The Morgan fingerprint density at radius 3 is 2.57 bits per heavy atom. The molecule has 4 nitrogen and oxygen atoms in total. The Morgan fingerprint density at radius 2 is 2.00 bits per heavy atom. The van der Waals surface area contributed by atoms with Gasteiger partial charge >= 0.3 is 5.97 Å². The summed E-state index contributed by atoms with van der Waals surface area (Å²) in [6.45, 7) is 2.98. The van der Waals surface area contributed by atoms with Gasteiger partial charge in [0.15, 0.2) is 5.79 Å². The number of carbonyl (C=O) groups excluding carboxylic acids is 1. The lowest BCUT2D eigenvalue weighted by Crippen LogP contribution is -2.52. The summed E-state index contributed by atoms with van der Waals surface area (Å²) in [4.78, 5) is 11.7. The zero-order valence-electron chi connectivity index (χ0n) is 8.37. The average molecular weight is 218 g/mol. The van der Waals surface area contributed by atoms with Crippen molar-refractivity contribution >= 4 is 17.7 Å². The molecule has 0 aromatic heterocycles. The molecule has 2 rings (SSSR count). The highest BCUT2D eigenvalue weighted by molar-refractivity contribution is 7.99. The van der Waals surface area contributed by atoms with Crippen LogP contribution < -0.4 is 0 Å². The van der Waals surface area contributed by atoms with Gasteiger partial charge in [0.05, 0.1) is 20.3 Å². The first-order valence-corrected chi connectivity index (χ1v) is 5.74. The van der Waals surface area contributed by atoms with Crippen molar-refractivity contribution in [1.82, 2.24) is 0 Å². The molecular weight excluding hydrogens is 204 g/mol. The molecule has 0 bridgehead atoms. The quantitative estimate of drug-likeness (QED) is 0.605. The number of rotatable bonds is 1. The summed E-state index contributed by atoms with van der Waals surface area (Å²) in [6, 6.07) is 0. The Labute approximate surface area is 87.3 Å². The monoisotopic (exact) mass is 218 g/mol. The van der Waals surface area contributed by atoms with Crippen LogP contribution in [0.25, 0.3) is 0 Å². The van der Waals surface area contributed by atoms with E-state index in [4.69, 9.17) is 14.2 Å². The van der Waals surface area contributed by atoms with E-state index in [0.717, 1.165) is 0 Å². The third-order valence-electron chi connectivity index (χ3n) is 2.91. The highest BCUT2D eigenvalue weighted by Gasteiger charge is 2.62. The molecule has 2 saturated heterocycles. The molecule has 0 N–H and O–H groups in total. The van der Waals surface area contributed by atoms with Gasteiger partial charge in [-0.05, 0) is 6.92 Å². The predicted octanol–water partition coefficient (Wildman–Crippen LogP) is 0.656. The van der Waals surface area contributed by atoms with E-state index in [1.54, 1.807) is 11.8 Å². The summed E-state index contributed by atoms with van der Waals surface area (Å²) >= 11 is 1.67. The zero-order valence-corrected chi connectivity index (χ0v) is 9.19. The molecule has 0 saturated carbocycles. The lowest BCUT2D eigenvalue weighted by atomic mass is 9.84. The SMILES string of the molecule is COC(=O)C1(C)CSCC12OCCO2. The normalized spacial score (nSPS) is 35.0. The molecule has 0 aliphatic carbocycles. The predicted molar refractivity (Wildman–Crippen MR) is 52.1 cm³/mol. The lowest BCUT2D eigenvalue weighted by molar-refractivity contribution is -0.216. The maximum absolute atomic E-state index is 11.7. The molecule has 1 spiro atoms. The smallest absolute Gasteiger partial charge is 0.317 e. The molecule has 80 valence electrons. The Bertz CT molecular complexity index is 244. The molecule has 2 fully saturated rings. The summed E-state index contributed by atoms with van der Waals surface area (Å²) in [7, 11) is 1.40. The van der Waals surface area contributed by atoms with Crippen molar-refractivity contribution in [2.45, 2.75) is 12.7 Å². The fourth-order valence-electron chi connectivity index (χ4n) is 1.96. The van der Waals surface area contributed by atoms with Crippen LogP contribution in [0.3, 0.4) is 0 Å². The largest absolute Gasteiger partial charge is 0.468 e. The van der Waals surface area contributed by atoms with Crippen molar-refractivity contribution in [3.05, 3.63) is 0 Å². The first kappa shape index (κ1) is 10.3. The Kier molecular flexibility index (Phi) is 2.49. The standard InChI is InChI=1S/C9H14O4S/c1-8(7(10)11-2)5-14-6-9(8)12-3-4-13-9/h3-6H2,1-2H3. The minimum Gasteiger partial charge on any atom is -0.468 e. The third-order valence-corrected chi connectivity index (χ3v) is 4.28. The number of methoxy groups -OCH3 is 1. The minimum atomic E-state index is -0.745. The van der Waals surface area contributed by atoms with Crippen molar-refractivity contribution in [3.63, 3.8) is 0 Å².